The first-order valence-electron chi connectivity index (χ1n) is 4.68. The van der Waals surface area contributed by atoms with Gasteiger partial charge in [-0.25, -0.2) is 13.6 Å². The van der Waals surface area contributed by atoms with Gasteiger partial charge in [-0.05, 0) is 28.1 Å². The van der Waals surface area contributed by atoms with Gasteiger partial charge in [0.15, 0.2) is 0 Å². The Kier molecular flexibility index (Phi) is 3.64. The van der Waals surface area contributed by atoms with Crippen LogP contribution in [0.25, 0.3) is 0 Å². The lowest BCUT2D eigenvalue weighted by molar-refractivity contribution is 0.595. The van der Waals surface area contributed by atoms with Crippen molar-refractivity contribution >= 4 is 59.1 Å². The Morgan fingerprint density at radius 2 is 2.05 bits per heavy atom. The fourth-order valence-electron chi connectivity index (χ4n) is 1.49. The second-order valence-corrected chi connectivity index (χ2v) is 7.82. The highest BCUT2D eigenvalue weighted by molar-refractivity contribution is 9.10. The number of anilines is 1. The number of benzene rings is 1. The molecule has 0 aliphatic carbocycles. The standard InChI is InChI=1S/C8H7BrClN3O4S2/c9-4-1-5-7(2-6(4)18(11,14)15)19(16,17)13-8(3-10)12-5/h1-2H,3H2,(H,12,13)(H2,11,14,15). The Morgan fingerprint density at radius 1 is 1.42 bits per heavy atom. The topological polar surface area (TPSA) is 119 Å². The van der Waals surface area contributed by atoms with Crippen LogP contribution in [0.5, 0.6) is 0 Å². The highest BCUT2D eigenvalue weighted by Gasteiger charge is 2.28. The normalized spacial score (nSPS) is 17.3. The van der Waals surface area contributed by atoms with Crippen LogP contribution >= 0.6 is 27.5 Å². The third-order valence-electron chi connectivity index (χ3n) is 2.25. The van der Waals surface area contributed by atoms with Gasteiger partial charge in [-0.2, -0.15) is 8.42 Å². The number of hydrogen-bond acceptors (Lipinski definition) is 5. The highest BCUT2D eigenvalue weighted by atomic mass is 79.9. The predicted molar refractivity (Wildman–Crippen MR) is 74.5 cm³/mol. The first-order chi connectivity index (χ1) is 8.65. The summed E-state index contributed by atoms with van der Waals surface area (Å²) < 4.78 is 50.1. The third-order valence-corrected chi connectivity index (χ3v) is 5.73. The van der Waals surface area contributed by atoms with Crippen molar-refractivity contribution < 1.29 is 16.8 Å². The molecule has 0 saturated heterocycles. The Labute approximate surface area is 123 Å². The second kappa shape index (κ2) is 4.70. The smallest absolute Gasteiger partial charge is 0.286 e. The summed E-state index contributed by atoms with van der Waals surface area (Å²) in [5, 5.41) is 7.70. The molecular weight excluding hydrogens is 382 g/mol. The first-order valence-corrected chi connectivity index (χ1v) is 9.00. The zero-order valence-corrected chi connectivity index (χ0v) is 13.1. The van der Waals surface area contributed by atoms with Crippen LogP contribution in [-0.2, 0) is 20.0 Å². The van der Waals surface area contributed by atoms with E-state index in [2.05, 4.69) is 25.6 Å². The molecular formula is C8H7BrClN3O4S2. The number of nitrogens with two attached hydrogens (primary N) is 1. The zero-order chi connectivity index (χ0) is 14.4. The quantitative estimate of drug-likeness (QED) is 0.728. The van der Waals surface area contributed by atoms with Crippen LogP contribution in [0.3, 0.4) is 0 Å². The van der Waals surface area contributed by atoms with Crippen molar-refractivity contribution in [2.75, 3.05) is 11.2 Å². The Hall–Kier alpha value is -0.680. The van der Waals surface area contributed by atoms with Gasteiger partial charge in [0.2, 0.25) is 10.0 Å². The predicted octanol–water partition coefficient (Wildman–Crippen LogP) is 0.848. The maximum Gasteiger partial charge on any atom is 0.286 e. The Balaban J connectivity index is 2.76. The molecule has 0 saturated carbocycles. The van der Waals surface area contributed by atoms with E-state index in [0.717, 1.165) is 6.07 Å². The molecule has 1 aliphatic rings. The molecule has 0 fully saturated rings. The number of fused-ring (bicyclic) bond motifs is 1. The van der Waals surface area contributed by atoms with Gasteiger partial charge in [-0.15, -0.1) is 16.0 Å². The van der Waals surface area contributed by atoms with E-state index in [-0.39, 0.29) is 31.7 Å². The van der Waals surface area contributed by atoms with Gasteiger partial charge >= 0.3 is 0 Å². The van der Waals surface area contributed by atoms with Crippen molar-refractivity contribution in [3.05, 3.63) is 16.6 Å². The molecule has 0 radical (unpaired) electrons. The van der Waals surface area contributed by atoms with Crippen molar-refractivity contribution in [3.8, 4) is 0 Å². The highest BCUT2D eigenvalue weighted by Crippen LogP contribution is 2.34. The lowest BCUT2D eigenvalue weighted by atomic mass is 10.3. The van der Waals surface area contributed by atoms with E-state index in [4.69, 9.17) is 16.7 Å². The van der Waals surface area contributed by atoms with E-state index >= 15 is 0 Å². The molecule has 11 heteroatoms. The summed E-state index contributed by atoms with van der Waals surface area (Å²) >= 11 is 8.56. The van der Waals surface area contributed by atoms with E-state index < -0.39 is 20.0 Å². The van der Waals surface area contributed by atoms with Crippen molar-refractivity contribution in [1.29, 1.82) is 0 Å². The molecule has 1 aromatic rings. The van der Waals surface area contributed by atoms with Crippen LogP contribution in [0.2, 0.25) is 0 Å². The van der Waals surface area contributed by atoms with Crippen molar-refractivity contribution in [2.45, 2.75) is 9.79 Å². The van der Waals surface area contributed by atoms with Crippen molar-refractivity contribution in [1.82, 2.24) is 0 Å². The van der Waals surface area contributed by atoms with Crippen LogP contribution in [0.1, 0.15) is 0 Å². The summed E-state index contributed by atoms with van der Waals surface area (Å²) in [5.41, 5.74) is 0.185. The van der Waals surface area contributed by atoms with Gasteiger partial charge in [-0.3, -0.25) is 0 Å². The van der Waals surface area contributed by atoms with Crippen LogP contribution in [0.15, 0.2) is 30.8 Å². The number of nitrogens with zero attached hydrogens (tertiary/aromatic N) is 1. The first kappa shape index (κ1) is 14.7. The number of alkyl halides is 1. The van der Waals surface area contributed by atoms with Gasteiger partial charge in [0, 0.05) is 4.47 Å². The summed E-state index contributed by atoms with van der Waals surface area (Å²) in [6.45, 7) is 0. The number of hydrogen-bond donors (Lipinski definition) is 2. The van der Waals surface area contributed by atoms with E-state index in [0.29, 0.717) is 0 Å². The number of rotatable bonds is 2. The molecule has 0 aromatic heterocycles. The molecule has 0 bridgehead atoms. The summed E-state index contributed by atoms with van der Waals surface area (Å²) in [7, 11) is -8.05. The van der Waals surface area contributed by atoms with Crippen LogP contribution in [0.4, 0.5) is 5.69 Å². The van der Waals surface area contributed by atoms with Gasteiger partial charge in [-0.1, -0.05) is 0 Å². The number of primary sulfonamides is 1. The fourth-order valence-corrected chi connectivity index (χ4v) is 4.55. The number of nitrogens with one attached hydrogen (secondary N) is 1. The summed E-state index contributed by atoms with van der Waals surface area (Å²) in [5.74, 6) is -0.0582. The third kappa shape index (κ3) is 2.77. The molecule has 2 rings (SSSR count). The van der Waals surface area contributed by atoms with Crippen LogP contribution in [0, 0.1) is 0 Å². The maximum absolute atomic E-state index is 11.9. The van der Waals surface area contributed by atoms with Crippen LogP contribution in [-0.4, -0.2) is 28.6 Å². The molecule has 1 aliphatic heterocycles. The van der Waals surface area contributed by atoms with Gasteiger partial charge in [0.05, 0.1) is 16.5 Å². The Morgan fingerprint density at radius 3 is 2.58 bits per heavy atom. The lowest BCUT2D eigenvalue weighted by Gasteiger charge is -2.18. The zero-order valence-electron chi connectivity index (χ0n) is 9.09. The average molecular weight is 389 g/mol. The summed E-state index contributed by atoms with van der Waals surface area (Å²) in [6, 6.07) is 2.25. The minimum Gasteiger partial charge on any atom is -0.341 e. The molecule has 104 valence electrons. The minimum absolute atomic E-state index is 0.0597. The number of sulfonamides is 2. The largest absolute Gasteiger partial charge is 0.341 e. The lowest BCUT2D eigenvalue weighted by Crippen LogP contribution is -2.23. The minimum atomic E-state index is -4.05. The average Bonchev–Trinajstić information content (AvgIpc) is 2.25. The molecule has 0 atom stereocenters. The molecule has 3 N–H and O–H groups in total. The van der Waals surface area contributed by atoms with Gasteiger partial charge in [0.25, 0.3) is 10.0 Å². The van der Waals surface area contributed by atoms with Gasteiger partial charge < -0.3 is 5.32 Å². The molecule has 0 unspecified atom stereocenters. The van der Waals surface area contributed by atoms with E-state index in [1.165, 1.54) is 6.07 Å². The molecule has 1 aromatic carbocycles. The van der Waals surface area contributed by atoms with Crippen molar-refractivity contribution in [2.24, 2.45) is 9.54 Å². The molecule has 1 heterocycles. The summed E-state index contributed by atoms with van der Waals surface area (Å²) in [6.07, 6.45) is 0. The number of halogens is 2. The maximum atomic E-state index is 11.9. The fraction of sp³-hybridized carbons (Fsp3) is 0.125. The van der Waals surface area contributed by atoms with Gasteiger partial charge in [0.1, 0.15) is 10.7 Å². The molecule has 0 spiro atoms. The second-order valence-electron chi connectivity index (χ2n) is 3.60. The van der Waals surface area contributed by atoms with E-state index in [1.54, 1.807) is 0 Å². The summed E-state index contributed by atoms with van der Waals surface area (Å²) in [4.78, 5) is -0.602. The van der Waals surface area contributed by atoms with Crippen molar-refractivity contribution in [3.63, 3.8) is 0 Å². The SMILES string of the molecule is NS(=O)(=O)c1cc2c(cc1Br)NC(CCl)=NS2(=O)=O. The van der Waals surface area contributed by atoms with E-state index in [1.807, 2.05) is 0 Å². The molecule has 19 heavy (non-hydrogen) atoms. The molecule has 0 amide bonds. The monoisotopic (exact) mass is 387 g/mol. The number of amidine groups is 1. The van der Waals surface area contributed by atoms with Crippen LogP contribution < -0.4 is 10.5 Å². The molecule has 7 nitrogen and oxygen atoms in total. The Bertz CT molecular complexity index is 788. The van der Waals surface area contributed by atoms with E-state index in [9.17, 15) is 16.8 Å².